The number of esters is 1. The number of fused-ring (bicyclic) bond motifs is 1. The van der Waals surface area contributed by atoms with Crippen molar-refractivity contribution in [2.24, 2.45) is 5.73 Å². The lowest BCUT2D eigenvalue weighted by Crippen LogP contribution is -2.30. The molecule has 3 rings (SSSR count). The quantitative estimate of drug-likeness (QED) is 0.363. The number of aromatic hydroxyl groups is 1. The van der Waals surface area contributed by atoms with Crippen LogP contribution in [-0.2, 0) is 11.3 Å². The highest BCUT2D eigenvalue weighted by atomic mass is 16.5. The third-order valence-corrected chi connectivity index (χ3v) is 5.07. The number of carbonyl (C=O) groups is 2. The van der Waals surface area contributed by atoms with E-state index < -0.39 is 11.5 Å². The van der Waals surface area contributed by atoms with Gasteiger partial charge in [-0.15, -0.1) is 0 Å². The fourth-order valence-electron chi connectivity index (χ4n) is 3.38. The molecule has 0 spiro atoms. The van der Waals surface area contributed by atoms with Gasteiger partial charge in [0.15, 0.2) is 0 Å². The monoisotopic (exact) mass is 452 g/mol. The number of carbonyl (C=O) groups excluding carboxylic acids is 2. The van der Waals surface area contributed by atoms with Gasteiger partial charge in [-0.1, -0.05) is 63.4 Å². The van der Waals surface area contributed by atoms with Crippen LogP contribution < -0.4 is 11.3 Å². The van der Waals surface area contributed by atoms with Gasteiger partial charge in [0.2, 0.25) is 0 Å². The molecule has 0 atom stereocenters. The third kappa shape index (κ3) is 6.94. The van der Waals surface area contributed by atoms with Gasteiger partial charge in [0.1, 0.15) is 11.3 Å². The van der Waals surface area contributed by atoms with E-state index in [0.717, 1.165) is 32.1 Å². The van der Waals surface area contributed by atoms with Gasteiger partial charge in [-0.05, 0) is 37.1 Å². The number of nitrogens with zero attached hydrogens (tertiary/aromatic N) is 1. The van der Waals surface area contributed by atoms with Crippen LogP contribution >= 0.6 is 0 Å². The van der Waals surface area contributed by atoms with E-state index in [1.807, 2.05) is 25.1 Å². The van der Waals surface area contributed by atoms with Crippen molar-refractivity contribution in [3.05, 3.63) is 76.1 Å². The van der Waals surface area contributed by atoms with E-state index >= 15 is 0 Å². The number of unbranched alkanes of at least 4 members (excludes halogenated alkanes) is 3. The number of primary amides is 1. The molecular weight excluding hydrogens is 420 g/mol. The molecule has 0 saturated carbocycles. The van der Waals surface area contributed by atoms with Crippen molar-refractivity contribution in [2.75, 3.05) is 6.61 Å². The van der Waals surface area contributed by atoms with Crippen LogP contribution in [0.2, 0.25) is 0 Å². The Morgan fingerprint density at radius 2 is 1.61 bits per heavy atom. The number of nitrogens with two attached hydrogens (primary N) is 1. The maximum atomic E-state index is 12.4. The molecule has 0 fully saturated rings. The normalized spacial score (nSPS) is 10.4. The highest BCUT2D eigenvalue weighted by molar-refractivity contribution is 6.01. The van der Waals surface area contributed by atoms with Gasteiger partial charge in [0.25, 0.3) is 11.5 Å². The van der Waals surface area contributed by atoms with Gasteiger partial charge in [-0.25, -0.2) is 4.79 Å². The number of para-hydroxylation sites is 1. The molecule has 1 heterocycles. The minimum Gasteiger partial charge on any atom is -0.506 e. The van der Waals surface area contributed by atoms with Crippen molar-refractivity contribution in [3.63, 3.8) is 0 Å². The van der Waals surface area contributed by atoms with Gasteiger partial charge in [-0.2, -0.15) is 0 Å². The zero-order valence-corrected chi connectivity index (χ0v) is 19.3. The average Bonchev–Trinajstić information content (AvgIpc) is 2.83. The molecule has 3 N–H and O–H groups in total. The molecule has 1 aromatic heterocycles. The summed E-state index contributed by atoms with van der Waals surface area (Å²) in [4.78, 5) is 35.1. The molecule has 0 unspecified atom stereocenters. The topological polar surface area (TPSA) is 112 Å². The van der Waals surface area contributed by atoms with E-state index in [0.29, 0.717) is 29.6 Å². The Kier molecular flexibility index (Phi) is 10.1. The molecule has 176 valence electrons. The summed E-state index contributed by atoms with van der Waals surface area (Å²) in [6.45, 7) is 5.10. The Balaban J connectivity index is 0.000000273. The molecule has 7 nitrogen and oxygen atoms in total. The molecule has 2 aromatic carbocycles. The van der Waals surface area contributed by atoms with E-state index in [2.05, 4.69) is 6.92 Å². The molecule has 7 heteroatoms. The Morgan fingerprint density at radius 3 is 2.24 bits per heavy atom. The number of benzene rings is 2. The lowest BCUT2D eigenvalue weighted by atomic mass is 10.1. The first-order valence-corrected chi connectivity index (χ1v) is 11.3. The lowest BCUT2D eigenvalue weighted by molar-refractivity contribution is 0.0505. The van der Waals surface area contributed by atoms with Crippen molar-refractivity contribution in [2.45, 2.75) is 52.5 Å². The van der Waals surface area contributed by atoms with Gasteiger partial charge >= 0.3 is 5.97 Å². The standard InChI is InChI=1S/C16H20N2O3.C10H12O2/c1-2-3-4-7-10-18-12-9-6-5-8-11(12)14(19)13(15(17)20)16(18)21;1-2-8-12-10(11)9-6-4-3-5-7-9/h5-6,8-9,19H,2-4,7,10H2,1H3,(H2,17,20);3-7H,2,8H2,1H3. The molecule has 1 amide bonds. The maximum absolute atomic E-state index is 12.4. The molecule has 0 radical (unpaired) electrons. The Morgan fingerprint density at radius 1 is 0.939 bits per heavy atom. The second-order valence-electron chi connectivity index (χ2n) is 7.62. The zero-order chi connectivity index (χ0) is 24.2. The number of hydrogen-bond donors (Lipinski definition) is 2. The van der Waals surface area contributed by atoms with Gasteiger partial charge in [-0.3, -0.25) is 9.59 Å². The first-order valence-electron chi connectivity index (χ1n) is 11.3. The van der Waals surface area contributed by atoms with Crippen LogP contribution in [0.4, 0.5) is 0 Å². The fraction of sp³-hybridized carbons (Fsp3) is 0.346. The van der Waals surface area contributed by atoms with Crippen LogP contribution in [0.25, 0.3) is 10.9 Å². The Labute approximate surface area is 193 Å². The van der Waals surface area contributed by atoms with Crippen molar-refractivity contribution >= 4 is 22.8 Å². The van der Waals surface area contributed by atoms with Crippen molar-refractivity contribution in [1.82, 2.24) is 4.57 Å². The summed E-state index contributed by atoms with van der Waals surface area (Å²) >= 11 is 0. The van der Waals surface area contributed by atoms with Crippen molar-refractivity contribution in [3.8, 4) is 5.75 Å². The Bertz CT molecular complexity index is 1120. The predicted molar refractivity (Wildman–Crippen MR) is 130 cm³/mol. The van der Waals surface area contributed by atoms with Crippen LogP contribution in [0, 0.1) is 0 Å². The first-order chi connectivity index (χ1) is 15.9. The minimum absolute atomic E-state index is 0.238. The molecule has 3 aromatic rings. The number of ether oxygens (including phenoxy) is 1. The number of pyridine rings is 1. The van der Waals surface area contributed by atoms with Crippen LogP contribution in [0.1, 0.15) is 66.7 Å². The molecule has 0 saturated heterocycles. The maximum Gasteiger partial charge on any atom is 0.338 e. The van der Waals surface area contributed by atoms with Crippen LogP contribution in [0.5, 0.6) is 5.75 Å². The SMILES string of the molecule is CCCCCCn1c(=O)c(C(N)=O)c(O)c2ccccc21.CCCOC(=O)c1ccccc1. The van der Waals surface area contributed by atoms with Crippen molar-refractivity contribution < 1.29 is 19.4 Å². The third-order valence-electron chi connectivity index (χ3n) is 5.07. The second kappa shape index (κ2) is 13.1. The van der Waals surface area contributed by atoms with Crippen LogP contribution in [0.3, 0.4) is 0 Å². The molecule has 33 heavy (non-hydrogen) atoms. The van der Waals surface area contributed by atoms with Crippen molar-refractivity contribution in [1.29, 1.82) is 0 Å². The summed E-state index contributed by atoms with van der Waals surface area (Å²) in [5.74, 6) is -1.46. The number of aromatic nitrogens is 1. The van der Waals surface area contributed by atoms with Gasteiger partial charge in [0, 0.05) is 11.9 Å². The number of hydrogen-bond acceptors (Lipinski definition) is 5. The number of amides is 1. The van der Waals surface area contributed by atoms with Gasteiger partial charge < -0.3 is 20.1 Å². The van der Waals surface area contributed by atoms with E-state index in [1.165, 1.54) is 4.57 Å². The summed E-state index contributed by atoms with van der Waals surface area (Å²) < 4.78 is 6.47. The van der Waals surface area contributed by atoms with E-state index in [-0.39, 0.29) is 17.3 Å². The van der Waals surface area contributed by atoms with E-state index in [9.17, 15) is 19.5 Å². The summed E-state index contributed by atoms with van der Waals surface area (Å²) in [5.41, 5.74) is 5.63. The summed E-state index contributed by atoms with van der Waals surface area (Å²) in [6, 6.07) is 16.0. The highest BCUT2D eigenvalue weighted by Gasteiger charge is 2.19. The summed E-state index contributed by atoms with van der Waals surface area (Å²) in [6.07, 6.45) is 4.94. The molecule has 0 aliphatic heterocycles. The summed E-state index contributed by atoms with van der Waals surface area (Å²) in [7, 11) is 0. The smallest absolute Gasteiger partial charge is 0.338 e. The highest BCUT2D eigenvalue weighted by Crippen LogP contribution is 2.26. The number of aryl methyl sites for hydroxylation is 1. The van der Waals surface area contributed by atoms with E-state index in [1.54, 1.807) is 36.4 Å². The number of rotatable bonds is 9. The molecule has 0 bridgehead atoms. The largest absolute Gasteiger partial charge is 0.506 e. The zero-order valence-electron chi connectivity index (χ0n) is 19.3. The van der Waals surface area contributed by atoms with Crippen LogP contribution in [-0.4, -0.2) is 28.2 Å². The molecule has 0 aliphatic carbocycles. The average molecular weight is 453 g/mol. The Hall–Kier alpha value is -3.61. The fourth-order valence-corrected chi connectivity index (χ4v) is 3.38. The second-order valence-corrected chi connectivity index (χ2v) is 7.62. The minimum atomic E-state index is -0.898. The first kappa shape index (κ1) is 25.6. The van der Waals surface area contributed by atoms with Crippen LogP contribution in [0.15, 0.2) is 59.4 Å². The van der Waals surface area contributed by atoms with E-state index in [4.69, 9.17) is 10.5 Å². The molecule has 0 aliphatic rings. The lowest BCUT2D eigenvalue weighted by Gasteiger charge is -2.13. The molecular formula is C26H32N2O5. The predicted octanol–water partition coefficient (Wildman–Crippen LogP) is 4.64. The summed E-state index contributed by atoms with van der Waals surface area (Å²) in [5, 5.41) is 10.6. The van der Waals surface area contributed by atoms with Gasteiger partial charge in [0.05, 0.1) is 17.7 Å².